The van der Waals surface area contributed by atoms with E-state index in [0.29, 0.717) is 5.92 Å². The van der Waals surface area contributed by atoms with Crippen LogP contribution in [-0.4, -0.2) is 0 Å². The van der Waals surface area contributed by atoms with Crippen molar-refractivity contribution in [2.24, 2.45) is 11.8 Å². The molecule has 0 saturated heterocycles. The van der Waals surface area contributed by atoms with Gasteiger partial charge < -0.3 is 9.80 Å². The second kappa shape index (κ2) is 13.5. The third-order valence-corrected chi connectivity index (χ3v) is 12.5. The topological polar surface area (TPSA) is 6.48 Å². The van der Waals surface area contributed by atoms with Crippen LogP contribution in [0.25, 0.3) is 6.08 Å². The predicted molar refractivity (Wildman–Crippen MR) is 225 cm³/mol. The number of allylic oxidation sites excluding steroid dienone is 3. The summed E-state index contributed by atoms with van der Waals surface area (Å²) in [4.78, 5) is 4.99. The highest BCUT2D eigenvalue weighted by atomic mass is 15.2. The Morgan fingerprint density at radius 3 is 1.40 bits per heavy atom. The van der Waals surface area contributed by atoms with Crippen molar-refractivity contribution in [2.45, 2.75) is 81.1 Å². The normalized spacial score (nSPS) is 19.1. The molecule has 0 amide bonds. The van der Waals surface area contributed by atoms with Crippen molar-refractivity contribution in [1.82, 2.24) is 0 Å². The number of nitrogens with zero attached hydrogens (tertiary/aromatic N) is 2. The summed E-state index contributed by atoms with van der Waals surface area (Å²) < 4.78 is 0. The van der Waals surface area contributed by atoms with Crippen molar-refractivity contribution in [3.8, 4) is 0 Å². The Morgan fingerprint density at radius 2 is 0.981 bits per heavy atom. The molecular weight excluding hydrogens is 629 g/mol. The van der Waals surface area contributed by atoms with Gasteiger partial charge in [-0.25, -0.2) is 0 Å². The summed E-state index contributed by atoms with van der Waals surface area (Å²) in [5, 5.41) is 0. The molecule has 0 heterocycles. The van der Waals surface area contributed by atoms with Gasteiger partial charge in [0, 0.05) is 45.3 Å². The molecule has 52 heavy (non-hydrogen) atoms. The van der Waals surface area contributed by atoms with E-state index in [9.17, 15) is 0 Å². The minimum atomic E-state index is -0.230. The molecular formula is C50H54N2. The van der Waals surface area contributed by atoms with Crippen LogP contribution in [0.2, 0.25) is 0 Å². The van der Waals surface area contributed by atoms with E-state index in [1.54, 1.807) is 0 Å². The highest BCUT2D eigenvalue weighted by Gasteiger charge is 2.49. The zero-order chi connectivity index (χ0) is 37.1. The van der Waals surface area contributed by atoms with Crippen molar-refractivity contribution in [3.63, 3.8) is 0 Å². The molecule has 3 unspecified atom stereocenters. The molecule has 2 aliphatic rings. The third-order valence-electron chi connectivity index (χ3n) is 12.5. The van der Waals surface area contributed by atoms with Crippen molar-refractivity contribution in [1.29, 1.82) is 0 Å². The third kappa shape index (κ3) is 5.83. The molecule has 7 rings (SSSR count). The van der Waals surface area contributed by atoms with Gasteiger partial charge >= 0.3 is 0 Å². The summed E-state index contributed by atoms with van der Waals surface area (Å²) >= 11 is 0. The van der Waals surface area contributed by atoms with Gasteiger partial charge in [-0.05, 0) is 185 Å². The first-order valence-electron chi connectivity index (χ1n) is 18.9. The summed E-state index contributed by atoms with van der Waals surface area (Å²) in [6.45, 7) is 27.1. The van der Waals surface area contributed by atoms with Crippen LogP contribution in [0.3, 0.4) is 0 Å². The highest BCUT2D eigenvalue weighted by Crippen LogP contribution is 2.57. The molecule has 0 radical (unpaired) electrons. The van der Waals surface area contributed by atoms with E-state index in [0.717, 1.165) is 6.42 Å². The lowest BCUT2D eigenvalue weighted by molar-refractivity contribution is 0.266. The average Bonchev–Trinajstić information content (AvgIpc) is 3.11. The molecule has 2 heteroatoms. The summed E-state index contributed by atoms with van der Waals surface area (Å²) in [6, 6.07) is 32.2. The van der Waals surface area contributed by atoms with E-state index in [-0.39, 0.29) is 11.3 Å². The smallest absolute Gasteiger partial charge is 0.0537 e. The zero-order valence-electron chi connectivity index (χ0n) is 32.9. The summed E-state index contributed by atoms with van der Waals surface area (Å²) in [6.07, 6.45) is 10.6. The molecule has 0 bridgehead atoms. The standard InChI is InChI=1S/C50H54N2/c1-12-46-48(52(43-22-15-33(4)38(9)29-43)44-23-16-34(5)39(10)30-44)26-19-40-18-24-45-47(25-17-35(6)49(45)50(40,46)11)51(41-20-13-31(2)36(7)27-41)42-21-14-32(3)37(8)28-42/h12-18,20-30,40,46H,1,19H2,2-11H3. The fraction of sp³-hybridized carbons (Fsp3) is 0.280. The minimum Gasteiger partial charge on any atom is -0.314 e. The van der Waals surface area contributed by atoms with Gasteiger partial charge in [0.1, 0.15) is 0 Å². The Hall–Kier alpha value is -5.08. The van der Waals surface area contributed by atoms with Crippen LogP contribution in [0.5, 0.6) is 0 Å². The van der Waals surface area contributed by atoms with Crippen molar-refractivity contribution in [2.75, 3.05) is 9.80 Å². The van der Waals surface area contributed by atoms with Crippen molar-refractivity contribution in [3.05, 3.63) is 177 Å². The Bertz CT molecular complexity index is 2180. The number of hydrogen-bond acceptors (Lipinski definition) is 2. The van der Waals surface area contributed by atoms with E-state index < -0.39 is 0 Å². The van der Waals surface area contributed by atoms with E-state index in [4.69, 9.17) is 0 Å². The lowest BCUT2D eigenvalue weighted by Crippen LogP contribution is -2.46. The molecule has 0 saturated carbocycles. The van der Waals surface area contributed by atoms with Crippen LogP contribution in [0.1, 0.15) is 74.5 Å². The van der Waals surface area contributed by atoms with Gasteiger partial charge in [0.15, 0.2) is 0 Å². The van der Waals surface area contributed by atoms with Crippen LogP contribution in [0.15, 0.2) is 115 Å². The predicted octanol–water partition coefficient (Wildman–Crippen LogP) is 13.8. The number of benzene rings is 5. The highest BCUT2D eigenvalue weighted by molar-refractivity contribution is 5.86. The van der Waals surface area contributed by atoms with Crippen LogP contribution >= 0.6 is 0 Å². The molecule has 0 N–H and O–H groups in total. The number of aryl methyl sites for hydroxylation is 9. The molecule has 3 atom stereocenters. The SMILES string of the molecule is C=CC1C(N(c2ccc(C)c(C)c2)c2ccc(C)c(C)c2)=CCC2C=Cc3c(N(c4ccc(C)c(C)c4)c4ccc(C)c(C)c4)ccc(C)c3C21C. The van der Waals surface area contributed by atoms with Gasteiger partial charge in [-0.15, -0.1) is 6.58 Å². The Kier molecular flexibility index (Phi) is 9.16. The lowest BCUT2D eigenvalue weighted by atomic mass is 9.55. The molecule has 2 aliphatic carbocycles. The summed E-state index contributed by atoms with van der Waals surface area (Å²) in [7, 11) is 0. The molecule has 2 nitrogen and oxygen atoms in total. The second-order valence-electron chi connectivity index (χ2n) is 15.8. The van der Waals surface area contributed by atoms with Crippen LogP contribution in [-0.2, 0) is 5.41 Å². The molecule has 264 valence electrons. The van der Waals surface area contributed by atoms with Gasteiger partial charge in [0.2, 0.25) is 0 Å². The number of anilines is 5. The lowest BCUT2D eigenvalue weighted by Gasteiger charge is -2.51. The van der Waals surface area contributed by atoms with Gasteiger partial charge in [0.05, 0.1) is 5.69 Å². The summed E-state index contributed by atoms with van der Waals surface area (Å²) in [5.41, 5.74) is 21.5. The van der Waals surface area contributed by atoms with Gasteiger partial charge in [0.25, 0.3) is 0 Å². The minimum absolute atomic E-state index is 0.0591. The van der Waals surface area contributed by atoms with Crippen LogP contribution < -0.4 is 9.80 Å². The first-order chi connectivity index (χ1) is 24.8. The monoisotopic (exact) mass is 682 g/mol. The quantitative estimate of drug-likeness (QED) is 0.158. The van der Waals surface area contributed by atoms with E-state index in [1.165, 1.54) is 95.3 Å². The summed E-state index contributed by atoms with van der Waals surface area (Å²) in [5.74, 6) is 0.391. The van der Waals surface area contributed by atoms with E-state index in [1.807, 2.05) is 0 Å². The molecule has 5 aromatic carbocycles. The van der Waals surface area contributed by atoms with E-state index >= 15 is 0 Å². The second-order valence-corrected chi connectivity index (χ2v) is 15.8. The van der Waals surface area contributed by atoms with Crippen molar-refractivity contribution >= 4 is 34.5 Å². The largest absolute Gasteiger partial charge is 0.314 e. The first-order valence-corrected chi connectivity index (χ1v) is 18.9. The Morgan fingerprint density at radius 1 is 0.558 bits per heavy atom. The Balaban J connectivity index is 1.44. The maximum Gasteiger partial charge on any atom is 0.0537 e. The first kappa shape index (κ1) is 35.3. The van der Waals surface area contributed by atoms with Crippen LogP contribution in [0, 0.1) is 74.1 Å². The fourth-order valence-electron chi connectivity index (χ4n) is 8.71. The maximum atomic E-state index is 4.59. The van der Waals surface area contributed by atoms with E-state index in [2.05, 4.69) is 195 Å². The number of fused-ring (bicyclic) bond motifs is 3. The van der Waals surface area contributed by atoms with Gasteiger partial charge in [-0.3, -0.25) is 0 Å². The van der Waals surface area contributed by atoms with Crippen molar-refractivity contribution < 1.29 is 0 Å². The number of rotatable bonds is 7. The maximum absolute atomic E-state index is 4.59. The molecule has 0 aromatic heterocycles. The zero-order valence-corrected chi connectivity index (χ0v) is 32.9. The van der Waals surface area contributed by atoms with Crippen LogP contribution in [0.4, 0.5) is 28.4 Å². The van der Waals surface area contributed by atoms with Gasteiger partial charge in [-0.2, -0.15) is 0 Å². The molecule has 0 fully saturated rings. The fourth-order valence-corrected chi connectivity index (χ4v) is 8.71. The Labute approximate surface area is 312 Å². The number of hydrogen-bond donors (Lipinski definition) is 0. The molecule has 5 aromatic rings. The average molecular weight is 683 g/mol. The molecule has 0 spiro atoms. The molecule has 0 aliphatic heterocycles. The van der Waals surface area contributed by atoms with Gasteiger partial charge in [-0.1, -0.05) is 61.6 Å².